The van der Waals surface area contributed by atoms with Gasteiger partial charge in [-0.15, -0.1) is 0 Å². The van der Waals surface area contributed by atoms with Gasteiger partial charge in [0.15, 0.2) is 0 Å². The Balaban J connectivity index is 2.38. The Morgan fingerprint density at radius 1 is 1.00 bits per heavy atom. The van der Waals surface area contributed by atoms with Gasteiger partial charge in [-0.1, -0.05) is 60.7 Å². The first-order valence-electron chi connectivity index (χ1n) is 6.84. The second-order valence-corrected chi connectivity index (χ2v) is 4.80. The lowest BCUT2D eigenvalue weighted by Gasteiger charge is -2.29. The molecular weight excluding hydrogens is 280 g/mol. The fraction of sp³-hybridized carbons (Fsp3) is 0.176. The molecular formula is C17H18N2O3. The number of rotatable bonds is 5. The average molecular weight is 298 g/mol. The van der Waals surface area contributed by atoms with Gasteiger partial charge in [-0.2, -0.15) is 0 Å². The largest absolute Gasteiger partial charge is 0.468 e. The van der Waals surface area contributed by atoms with Crippen LogP contribution >= 0.6 is 0 Å². The van der Waals surface area contributed by atoms with Crippen LogP contribution in [-0.4, -0.2) is 25.5 Å². The summed E-state index contributed by atoms with van der Waals surface area (Å²) >= 11 is 0. The first-order chi connectivity index (χ1) is 10.6. The minimum absolute atomic E-state index is 0.228. The second-order valence-electron chi connectivity index (χ2n) is 4.80. The number of amides is 1. The number of benzene rings is 2. The highest BCUT2D eigenvalue weighted by Gasteiger charge is 2.37. The Morgan fingerprint density at radius 3 is 1.86 bits per heavy atom. The maximum absolute atomic E-state index is 12.6. The van der Waals surface area contributed by atoms with Gasteiger partial charge in [0, 0.05) is 0 Å². The van der Waals surface area contributed by atoms with E-state index in [1.165, 1.54) is 7.11 Å². The molecule has 0 fully saturated rings. The van der Waals surface area contributed by atoms with Crippen molar-refractivity contribution in [2.24, 2.45) is 5.73 Å². The molecule has 3 N–H and O–H groups in total. The van der Waals surface area contributed by atoms with E-state index in [1.54, 1.807) is 24.3 Å². The van der Waals surface area contributed by atoms with E-state index >= 15 is 0 Å². The SMILES string of the molecule is COC(=O)CNC(=O)C(N)(c1ccccc1)c1ccccc1. The topological polar surface area (TPSA) is 81.4 Å². The van der Waals surface area contributed by atoms with Crippen molar-refractivity contribution < 1.29 is 14.3 Å². The van der Waals surface area contributed by atoms with E-state index in [9.17, 15) is 9.59 Å². The lowest BCUT2D eigenvalue weighted by molar-refractivity contribution is -0.141. The molecule has 0 aliphatic carbocycles. The number of carbonyl (C=O) groups excluding carboxylic acids is 2. The molecule has 0 spiro atoms. The average Bonchev–Trinajstić information content (AvgIpc) is 2.60. The van der Waals surface area contributed by atoms with Crippen LogP contribution < -0.4 is 11.1 Å². The van der Waals surface area contributed by atoms with Gasteiger partial charge in [0.1, 0.15) is 12.1 Å². The summed E-state index contributed by atoms with van der Waals surface area (Å²) in [6.07, 6.45) is 0. The van der Waals surface area contributed by atoms with Crippen LogP contribution in [0, 0.1) is 0 Å². The minimum atomic E-state index is -1.38. The van der Waals surface area contributed by atoms with Crippen LogP contribution in [0.15, 0.2) is 60.7 Å². The van der Waals surface area contributed by atoms with Crippen molar-refractivity contribution in [3.05, 3.63) is 71.8 Å². The van der Waals surface area contributed by atoms with Gasteiger partial charge in [0.2, 0.25) is 5.91 Å². The van der Waals surface area contributed by atoms with E-state index in [0.717, 1.165) is 0 Å². The van der Waals surface area contributed by atoms with Crippen molar-refractivity contribution in [1.82, 2.24) is 5.32 Å². The van der Waals surface area contributed by atoms with E-state index in [1.807, 2.05) is 36.4 Å². The monoisotopic (exact) mass is 298 g/mol. The van der Waals surface area contributed by atoms with Crippen molar-refractivity contribution in [2.75, 3.05) is 13.7 Å². The number of ether oxygens (including phenoxy) is 1. The maximum Gasteiger partial charge on any atom is 0.325 e. The van der Waals surface area contributed by atoms with Crippen LogP contribution in [0.3, 0.4) is 0 Å². The zero-order valence-corrected chi connectivity index (χ0v) is 12.3. The molecule has 2 aromatic carbocycles. The van der Waals surface area contributed by atoms with E-state index in [2.05, 4.69) is 10.1 Å². The molecule has 2 aromatic rings. The predicted molar refractivity (Wildman–Crippen MR) is 82.9 cm³/mol. The van der Waals surface area contributed by atoms with Gasteiger partial charge in [0.25, 0.3) is 0 Å². The summed E-state index contributed by atoms with van der Waals surface area (Å²) in [7, 11) is 1.26. The van der Waals surface area contributed by atoms with E-state index in [0.29, 0.717) is 11.1 Å². The van der Waals surface area contributed by atoms with E-state index < -0.39 is 17.4 Å². The summed E-state index contributed by atoms with van der Waals surface area (Å²) in [6.45, 7) is -0.228. The molecule has 0 bridgehead atoms. The molecule has 0 heterocycles. The van der Waals surface area contributed by atoms with Crippen LogP contribution in [0.5, 0.6) is 0 Å². The van der Waals surface area contributed by atoms with Gasteiger partial charge >= 0.3 is 5.97 Å². The summed E-state index contributed by atoms with van der Waals surface area (Å²) in [6, 6.07) is 18.1. The minimum Gasteiger partial charge on any atom is -0.468 e. The molecule has 0 aliphatic rings. The number of esters is 1. The quantitative estimate of drug-likeness (QED) is 0.812. The number of hydrogen-bond acceptors (Lipinski definition) is 4. The van der Waals surface area contributed by atoms with Crippen LogP contribution in [-0.2, 0) is 19.9 Å². The summed E-state index contributed by atoms with van der Waals surface area (Å²) in [4.78, 5) is 23.9. The molecule has 0 radical (unpaired) electrons. The van der Waals surface area contributed by atoms with Crippen molar-refractivity contribution >= 4 is 11.9 Å². The second kappa shape index (κ2) is 6.87. The first-order valence-corrected chi connectivity index (χ1v) is 6.84. The normalized spacial score (nSPS) is 10.8. The number of methoxy groups -OCH3 is 1. The summed E-state index contributed by atoms with van der Waals surface area (Å²) in [5.41, 5.74) is 6.35. The van der Waals surface area contributed by atoms with Gasteiger partial charge in [0.05, 0.1) is 7.11 Å². The van der Waals surface area contributed by atoms with Crippen molar-refractivity contribution in [3.63, 3.8) is 0 Å². The fourth-order valence-electron chi connectivity index (χ4n) is 2.19. The predicted octanol–water partition coefficient (Wildman–Crippen LogP) is 1.18. The van der Waals surface area contributed by atoms with E-state index in [4.69, 9.17) is 5.73 Å². The smallest absolute Gasteiger partial charge is 0.325 e. The number of nitrogens with two attached hydrogens (primary N) is 1. The molecule has 0 atom stereocenters. The molecule has 1 amide bonds. The molecule has 0 aromatic heterocycles. The Morgan fingerprint density at radius 2 is 1.45 bits per heavy atom. The van der Waals surface area contributed by atoms with E-state index in [-0.39, 0.29) is 6.54 Å². The molecule has 0 aliphatic heterocycles. The molecule has 22 heavy (non-hydrogen) atoms. The highest BCUT2D eigenvalue weighted by molar-refractivity contribution is 5.93. The fourth-order valence-corrected chi connectivity index (χ4v) is 2.19. The third-order valence-corrected chi connectivity index (χ3v) is 3.44. The molecule has 5 nitrogen and oxygen atoms in total. The van der Waals surface area contributed by atoms with Crippen molar-refractivity contribution in [2.45, 2.75) is 5.54 Å². The molecule has 0 unspecified atom stereocenters. The van der Waals surface area contributed by atoms with Crippen molar-refractivity contribution in [3.8, 4) is 0 Å². The van der Waals surface area contributed by atoms with Crippen LogP contribution in [0.2, 0.25) is 0 Å². The summed E-state index contributed by atoms with van der Waals surface area (Å²) in [5, 5.41) is 2.53. The van der Waals surface area contributed by atoms with Gasteiger partial charge in [-0.3, -0.25) is 9.59 Å². The molecule has 0 saturated carbocycles. The van der Waals surface area contributed by atoms with Gasteiger partial charge < -0.3 is 15.8 Å². The number of carbonyl (C=O) groups is 2. The highest BCUT2D eigenvalue weighted by Crippen LogP contribution is 2.27. The maximum atomic E-state index is 12.6. The highest BCUT2D eigenvalue weighted by atomic mass is 16.5. The third-order valence-electron chi connectivity index (χ3n) is 3.44. The lowest BCUT2D eigenvalue weighted by atomic mass is 9.83. The van der Waals surface area contributed by atoms with Crippen LogP contribution in [0.25, 0.3) is 0 Å². The standard InChI is InChI=1S/C17H18N2O3/c1-22-15(20)12-19-16(21)17(18,13-8-4-2-5-9-13)14-10-6-3-7-11-14/h2-11H,12,18H2,1H3,(H,19,21). The summed E-state index contributed by atoms with van der Waals surface area (Å²) in [5.74, 6) is -0.993. The Bertz CT molecular complexity index is 602. The number of nitrogens with one attached hydrogen (secondary N) is 1. The van der Waals surface area contributed by atoms with Gasteiger partial charge in [-0.05, 0) is 11.1 Å². The number of hydrogen-bond donors (Lipinski definition) is 2. The zero-order valence-electron chi connectivity index (χ0n) is 12.3. The molecule has 0 saturated heterocycles. The Labute approximate surface area is 129 Å². The van der Waals surface area contributed by atoms with Crippen LogP contribution in [0.1, 0.15) is 11.1 Å². The zero-order chi connectivity index (χ0) is 16.0. The molecule has 114 valence electrons. The Hall–Kier alpha value is -2.66. The third kappa shape index (κ3) is 3.15. The first kappa shape index (κ1) is 15.7. The summed E-state index contributed by atoms with van der Waals surface area (Å²) < 4.78 is 4.53. The Kier molecular flexibility index (Phi) is 4.91. The molecule has 2 rings (SSSR count). The molecule has 5 heteroatoms. The lowest BCUT2D eigenvalue weighted by Crippen LogP contribution is -2.53. The van der Waals surface area contributed by atoms with Gasteiger partial charge in [-0.25, -0.2) is 0 Å². The van der Waals surface area contributed by atoms with Crippen LogP contribution in [0.4, 0.5) is 0 Å². The van der Waals surface area contributed by atoms with Crippen molar-refractivity contribution in [1.29, 1.82) is 0 Å².